The van der Waals surface area contributed by atoms with Crippen molar-refractivity contribution >= 4 is 28.5 Å². The average Bonchev–Trinajstić information content (AvgIpc) is 2.57. The first-order chi connectivity index (χ1) is 11.0. The Hall–Kier alpha value is -2.08. The van der Waals surface area contributed by atoms with E-state index in [1.165, 1.54) is 43.5 Å². The maximum absolute atomic E-state index is 4.07. The first-order valence-corrected chi connectivity index (χ1v) is 8.57. The molecule has 0 nitrogen and oxygen atoms in total. The lowest BCUT2D eigenvalue weighted by atomic mass is 9.73. The zero-order valence-electron chi connectivity index (χ0n) is 14.9. The lowest BCUT2D eigenvalue weighted by Gasteiger charge is -2.30. The Morgan fingerprint density at radius 3 is 2.43 bits per heavy atom. The van der Waals surface area contributed by atoms with E-state index in [2.05, 4.69) is 77.6 Å². The molecule has 0 spiro atoms. The van der Waals surface area contributed by atoms with Gasteiger partial charge in [-0.25, -0.2) is 0 Å². The first-order valence-electron chi connectivity index (χ1n) is 8.57. The summed E-state index contributed by atoms with van der Waals surface area (Å²) in [5.41, 5.74) is 5.62. The molecular weight excluding hydrogens is 276 g/mol. The van der Waals surface area contributed by atoms with Gasteiger partial charge < -0.3 is 0 Å². The molecule has 0 radical (unpaired) electrons. The summed E-state index contributed by atoms with van der Waals surface area (Å²) in [6.45, 7) is 15.3. The van der Waals surface area contributed by atoms with Gasteiger partial charge in [-0.2, -0.15) is 0 Å². The monoisotopic (exact) mass is 302 g/mol. The molecule has 0 aromatic heterocycles. The molecule has 0 saturated heterocycles. The fraction of sp³-hybridized carbons (Fsp3) is 0.304. The van der Waals surface area contributed by atoms with Crippen LogP contribution in [-0.4, -0.2) is 0 Å². The van der Waals surface area contributed by atoms with E-state index in [9.17, 15) is 0 Å². The van der Waals surface area contributed by atoms with Gasteiger partial charge >= 0.3 is 0 Å². The summed E-state index contributed by atoms with van der Waals surface area (Å²) in [5.74, 6) is 1.07. The molecule has 3 rings (SSSR count). The molecule has 23 heavy (non-hydrogen) atoms. The minimum atomic E-state index is 0.529. The molecule has 1 aliphatic carbocycles. The molecule has 2 aromatic rings. The van der Waals surface area contributed by atoms with Gasteiger partial charge in [-0.15, -0.1) is 0 Å². The van der Waals surface area contributed by atoms with Crippen LogP contribution in [0.25, 0.3) is 28.5 Å². The van der Waals surface area contributed by atoms with Crippen molar-refractivity contribution in [1.82, 2.24) is 0 Å². The van der Waals surface area contributed by atoms with Crippen LogP contribution in [0.2, 0.25) is 0 Å². The Bertz CT molecular complexity index is 938. The lowest BCUT2D eigenvalue weighted by molar-refractivity contribution is 0.581. The van der Waals surface area contributed by atoms with Crippen molar-refractivity contribution < 1.29 is 0 Å². The predicted molar refractivity (Wildman–Crippen MR) is 104 cm³/mol. The number of aryl methyl sites for hydroxylation is 1. The molecule has 0 N–H and O–H groups in total. The van der Waals surface area contributed by atoms with Crippen LogP contribution in [0.5, 0.6) is 0 Å². The highest BCUT2D eigenvalue weighted by Crippen LogP contribution is 2.40. The molecule has 118 valence electrons. The van der Waals surface area contributed by atoms with Crippen LogP contribution in [0, 0.1) is 12.8 Å². The third-order valence-corrected chi connectivity index (χ3v) is 5.50. The van der Waals surface area contributed by atoms with E-state index in [4.69, 9.17) is 0 Å². The van der Waals surface area contributed by atoms with Gasteiger partial charge in [0.25, 0.3) is 0 Å². The molecule has 1 aliphatic rings. The van der Waals surface area contributed by atoms with Crippen LogP contribution in [0.4, 0.5) is 0 Å². The molecule has 1 unspecified atom stereocenters. The maximum Gasteiger partial charge on any atom is -0.00739 e. The van der Waals surface area contributed by atoms with Crippen molar-refractivity contribution in [1.29, 1.82) is 0 Å². The van der Waals surface area contributed by atoms with Crippen LogP contribution in [0.3, 0.4) is 0 Å². The smallest absolute Gasteiger partial charge is 0.00739 e. The van der Waals surface area contributed by atoms with Crippen molar-refractivity contribution in [2.75, 3.05) is 0 Å². The summed E-state index contributed by atoms with van der Waals surface area (Å²) in [5, 5.41) is 5.45. The van der Waals surface area contributed by atoms with Crippen molar-refractivity contribution in [2.45, 2.75) is 40.5 Å². The molecule has 0 amide bonds. The summed E-state index contributed by atoms with van der Waals surface area (Å²) >= 11 is 0. The van der Waals surface area contributed by atoms with Crippen LogP contribution >= 0.6 is 0 Å². The highest BCUT2D eigenvalue weighted by atomic mass is 14.3. The zero-order valence-corrected chi connectivity index (χ0v) is 14.9. The van der Waals surface area contributed by atoms with Gasteiger partial charge in [-0.1, -0.05) is 62.9 Å². The Kier molecular flexibility index (Phi) is 4.02. The number of rotatable bonds is 1. The van der Waals surface area contributed by atoms with Crippen LogP contribution in [0.15, 0.2) is 36.9 Å². The second-order valence-electron chi connectivity index (χ2n) is 6.65. The fourth-order valence-corrected chi connectivity index (χ4v) is 4.18. The van der Waals surface area contributed by atoms with Crippen molar-refractivity contribution in [3.05, 3.63) is 64.1 Å². The van der Waals surface area contributed by atoms with Crippen LogP contribution in [0.1, 0.15) is 50.3 Å². The summed E-state index contributed by atoms with van der Waals surface area (Å²) in [4.78, 5) is 0. The quantitative estimate of drug-likeness (QED) is 0.690. The predicted octanol–water partition coefficient (Wildman–Crippen LogP) is 5.07. The Morgan fingerprint density at radius 2 is 1.83 bits per heavy atom. The highest BCUT2D eigenvalue weighted by Gasteiger charge is 2.26. The Labute approximate surface area is 139 Å². The fourth-order valence-electron chi connectivity index (χ4n) is 4.18. The molecule has 0 bridgehead atoms. The Morgan fingerprint density at radius 1 is 1.09 bits per heavy atom. The average molecular weight is 302 g/mol. The molecular formula is C23H26. The van der Waals surface area contributed by atoms with Crippen LogP contribution in [-0.2, 0) is 0 Å². The van der Waals surface area contributed by atoms with Gasteiger partial charge in [0.2, 0.25) is 0 Å². The molecule has 0 aliphatic heterocycles. The maximum atomic E-state index is 4.07. The number of hydrogen-bond donors (Lipinski definition) is 0. The van der Waals surface area contributed by atoms with E-state index < -0.39 is 0 Å². The van der Waals surface area contributed by atoms with Gasteiger partial charge in [-0.3, -0.25) is 0 Å². The van der Waals surface area contributed by atoms with E-state index >= 15 is 0 Å². The van der Waals surface area contributed by atoms with Gasteiger partial charge in [0.1, 0.15) is 0 Å². The Balaban J connectivity index is 2.66. The third-order valence-electron chi connectivity index (χ3n) is 5.50. The third kappa shape index (κ3) is 2.20. The molecule has 0 heteroatoms. The minimum Gasteiger partial charge on any atom is -0.0985 e. The normalized spacial score (nSPS) is 22.2. The number of benzene rings is 2. The first kappa shape index (κ1) is 15.8. The highest BCUT2D eigenvalue weighted by molar-refractivity contribution is 5.95. The summed E-state index contributed by atoms with van der Waals surface area (Å²) < 4.78 is 0. The minimum absolute atomic E-state index is 0.529. The van der Waals surface area contributed by atoms with Crippen molar-refractivity contribution in [3.63, 3.8) is 0 Å². The molecule has 0 fully saturated rings. The van der Waals surface area contributed by atoms with Gasteiger partial charge in [-0.05, 0) is 76.1 Å². The van der Waals surface area contributed by atoms with Gasteiger partial charge in [0, 0.05) is 0 Å². The second kappa shape index (κ2) is 5.85. The van der Waals surface area contributed by atoms with Gasteiger partial charge in [0.05, 0.1) is 0 Å². The van der Waals surface area contributed by atoms with E-state index in [1.54, 1.807) is 0 Å². The zero-order chi connectivity index (χ0) is 16.7. The van der Waals surface area contributed by atoms with Crippen molar-refractivity contribution in [3.8, 4) is 0 Å². The molecule has 0 heterocycles. The summed E-state index contributed by atoms with van der Waals surface area (Å²) in [6, 6.07) is 6.65. The molecule has 0 saturated carbocycles. The van der Waals surface area contributed by atoms with E-state index in [-0.39, 0.29) is 0 Å². The number of fused-ring (bicyclic) bond motifs is 2. The van der Waals surface area contributed by atoms with E-state index in [1.807, 2.05) is 6.08 Å². The SMILES string of the molecule is C=CC1=C[C@H](C)C(C)c2c1/c(=C\C)c1ccc/c(=C/C)c1c2C. The molecule has 2 atom stereocenters. The summed E-state index contributed by atoms with van der Waals surface area (Å²) in [6.07, 6.45) is 8.89. The lowest BCUT2D eigenvalue weighted by Crippen LogP contribution is -2.24. The standard InChI is InChI=1S/C23H26/c1-7-17-11-10-12-20-19(9-3)23-18(8-2)13-14(4)15(5)21(23)16(6)22(17)20/h7-15H,2H2,1,3-6H3/b17-7-,19-9-/t14-,15?/m0/s1. The topological polar surface area (TPSA) is 0 Å². The number of allylic oxidation sites excluding steroid dienone is 3. The molecule has 2 aromatic carbocycles. The van der Waals surface area contributed by atoms with E-state index in [0.29, 0.717) is 11.8 Å². The van der Waals surface area contributed by atoms with Gasteiger partial charge in [0.15, 0.2) is 0 Å². The van der Waals surface area contributed by atoms with Crippen LogP contribution < -0.4 is 10.4 Å². The largest absolute Gasteiger partial charge is 0.0985 e. The number of hydrogen-bond acceptors (Lipinski definition) is 0. The second-order valence-corrected chi connectivity index (χ2v) is 6.65. The van der Waals surface area contributed by atoms with E-state index in [0.717, 1.165) is 0 Å². The van der Waals surface area contributed by atoms with Crippen molar-refractivity contribution in [2.24, 2.45) is 5.92 Å². The summed E-state index contributed by atoms with van der Waals surface area (Å²) in [7, 11) is 0.